The summed E-state index contributed by atoms with van der Waals surface area (Å²) < 4.78 is 0. The second kappa shape index (κ2) is 6.20. The number of nitrogens with two attached hydrogens (primary N) is 1. The van der Waals surface area contributed by atoms with E-state index < -0.39 is 0 Å². The predicted octanol–water partition coefficient (Wildman–Crippen LogP) is 2.75. The Morgan fingerprint density at radius 3 is 2.64 bits per heavy atom. The molecule has 1 rings (SSSR count). The smallest absolute Gasteiger partial charge is 0.0250 e. The number of hydrogen-bond acceptors (Lipinski definition) is 2. The van der Waals surface area contributed by atoms with Gasteiger partial charge in [-0.25, -0.2) is 0 Å². The molecule has 1 aliphatic carbocycles. The quantitative estimate of drug-likeness (QED) is 0.389. The first kappa shape index (κ1) is 11.7. The first-order valence-corrected chi connectivity index (χ1v) is 5.89. The van der Waals surface area contributed by atoms with Crippen molar-refractivity contribution in [2.45, 2.75) is 57.9 Å². The highest BCUT2D eigenvalue weighted by Gasteiger charge is 2.19. The van der Waals surface area contributed by atoms with Crippen LogP contribution in [0.5, 0.6) is 0 Å². The molecule has 1 saturated carbocycles. The molecule has 0 bridgehead atoms. The molecule has 0 amide bonds. The van der Waals surface area contributed by atoms with E-state index in [0.717, 1.165) is 18.8 Å². The molecule has 1 fully saturated rings. The molecule has 0 aromatic heterocycles. The third-order valence-electron chi connectivity index (χ3n) is 3.36. The molecule has 0 radical (unpaired) electrons. The average Bonchev–Trinajstić information content (AvgIpc) is 2.69. The largest absolute Gasteiger partial charge is 0.271 e. The summed E-state index contributed by atoms with van der Waals surface area (Å²) in [6, 6.07) is 0.450. The monoisotopic (exact) mass is 196 g/mol. The van der Waals surface area contributed by atoms with Gasteiger partial charge in [-0.1, -0.05) is 44.8 Å². The first-order chi connectivity index (χ1) is 6.76. The molecule has 14 heavy (non-hydrogen) atoms. The highest BCUT2D eigenvalue weighted by Crippen LogP contribution is 2.29. The molecule has 0 spiro atoms. The van der Waals surface area contributed by atoms with E-state index in [4.69, 9.17) is 5.84 Å². The first-order valence-electron chi connectivity index (χ1n) is 5.89. The average molecular weight is 196 g/mol. The normalized spacial score (nSPS) is 19.9. The van der Waals surface area contributed by atoms with Crippen molar-refractivity contribution in [3.05, 3.63) is 12.2 Å². The van der Waals surface area contributed by atoms with Crippen molar-refractivity contribution in [2.75, 3.05) is 0 Å². The van der Waals surface area contributed by atoms with E-state index >= 15 is 0 Å². The molecule has 0 aromatic rings. The highest BCUT2D eigenvalue weighted by atomic mass is 15.2. The third kappa shape index (κ3) is 3.81. The van der Waals surface area contributed by atoms with Crippen molar-refractivity contribution in [3.8, 4) is 0 Å². The van der Waals surface area contributed by atoms with Crippen LogP contribution < -0.4 is 11.3 Å². The Kier molecular flexibility index (Phi) is 5.20. The molecule has 82 valence electrons. The second-order valence-corrected chi connectivity index (χ2v) is 4.56. The molecule has 3 N–H and O–H groups in total. The Hall–Kier alpha value is -0.340. The molecule has 1 aliphatic rings. The van der Waals surface area contributed by atoms with Crippen molar-refractivity contribution >= 4 is 0 Å². The fourth-order valence-electron chi connectivity index (χ4n) is 2.35. The SMILES string of the molecule is C=C(CC)CC(CC1CCCC1)NN. The third-order valence-corrected chi connectivity index (χ3v) is 3.36. The molecule has 2 heteroatoms. The molecule has 0 aliphatic heterocycles. The van der Waals surface area contributed by atoms with Gasteiger partial charge in [0.1, 0.15) is 0 Å². The molecule has 1 unspecified atom stereocenters. The minimum absolute atomic E-state index is 0.450. The van der Waals surface area contributed by atoms with Crippen LogP contribution in [-0.4, -0.2) is 6.04 Å². The molecule has 0 heterocycles. The molecular formula is C12H24N2. The maximum absolute atomic E-state index is 5.56. The highest BCUT2D eigenvalue weighted by molar-refractivity contribution is 4.96. The number of hydrogen-bond donors (Lipinski definition) is 2. The molecule has 1 atom stereocenters. The lowest BCUT2D eigenvalue weighted by Crippen LogP contribution is -2.36. The van der Waals surface area contributed by atoms with Crippen LogP contribution in [0.15, 0.2) is 12.2 Å². The molecule has 0 saturated heterocycles. The molecule has 2 nitrogen and oxygen atoms in total. The van der Waals surface area contributed by atoms with Gasteiger partial charge >= 0.3 is 0 Å². The van der Waals surface area contributed by atoms with Crippen LogP contribution in [0.4, 0.5) is 0 Å². The van der Waals surface area contributed by atoms with Crippen molar-refractivity contribution in [1.29, 1.82) is 0 Å². The van der Waals surface area contributed by atoms with Gasteiger partial charge in [0.2, 0.25) is 0 Å². The van der Waals surface area contributed by atoms with Gasteiger partial charge in [0.05, 0.1) is 0 Å². The fraction of sp³-hybridized carbons (Fsp3) is 0.833. The number of nitrogens with one attached hydrogen (secondary N) is 1. The lowest BCUT2D eigenvalue weighted by molar-refractivity contribution is 0.387. The van der Waals surface area contributed by atoms with Crippen LogP contribution in [-0.2, 0) is 0 Å². The van der Waals surface area contributed by atoms with Crippen LogP contribution in [0.25, 0.3) is 0 Å². The second-order valence-electron chi connectivity index (χ2n) is 4.56. The van der Waals surface area contributed by atoms with E-state index in [1.54, 1.807) is 0 Å². The number of hydrazine groups is 1. The van der Waals surface area contributed by atoms with Crippen LogP contribution in [0, 0.1) is 5.92 Å². The summed E-state index contributed by atoms with van der Waals surface area (Å²) in [5.41, 5.74) is 4.24. The zero-order valence-corrected chi connectivity index (χ0v) is 9.39. The lowest BCUT2D eigenvalue weighted by atomic mass is 9.94. The van der Waals surface area contributed by atoms with E-state index in [9.17, 15) is 0 Å². The zero-order chi connectivity index (χ0) is 10.4. The summed E-state index contributed by atoms with van der Waals surface area (Å²) in [6.07, 6.45) is 8.97. The van der Waals surface area contributed by atoms with Gasteiger partial charge in [-0.3, -0.25) is 11.3 Å². The van der Waals surface area contributed by atoms with Gasteiger partial charge in [-0.2, -0.15) is 0 Å². The Morgan fingerprint density at radius 2 is 2.14 bits per heavy atom. The topological polar surface area (TPSA) is 38.0 Å². The van der Waals surface area contributed by atoms with E-state index in [0.29, 0.717) is 6.04 Å². The summed E-state index contributed by atoms with van der Waals surface area (Å²) in [5, 5.41) is 0. The molecule has 0 aromatic carbocycles. The van der Waals surface area contributed by atoms with Gasteiger partial charge < -0.3 is 0 Å². The van der Waals surface area contributed by atoms with E-state index in [1.165, 1.54) is 37.7 Å². The van der Waals surface area contributed by atoms with Crippen molar-refractivity contribution in [2.24, 2.45) is 11.8 Å². The summed E-state index contributed by atoms with van der Waals surface area (Å²) in [5.74, 6) is 6.47. The van der Waals surface area contributed by atoms with E-state index in [1.807, 2.05) is 0 Å². The fourth-order valence-corrected chi connectivity index (χ4v) is 2.35. The van der Waals surface area contributed by atoms with Gasteiger partial charge in [0, 0.05) is 6.04 Å². The zero-order valence-electron chi connectivity index (χ0n) is 9.39. The van der Waals surface area contributed by atoms with Gasteiger partial charge in [-0.15, -0.1) is 0 Å². The van der Waals surface area contributed by atoms with E-state index in [-0.39, 0.29) is 0 Å². The lowest BCUT2D eigenvalue weighted by Gasteiger charge is -2.20. The van der Waals surface area contributed by atoms with Crippen molar-refractivity contribution < 1.29 is 0 Å². The molecular weight excluding hydrogens is 172 g/mol. The summed E-state index contributed by atoms with van der Waals surface area (Å²) >= 11 is 0. The van der Waals surface area contributed by atoms with Crippen LogP contribution in [0.3, 0.4) is 0 Å². The maximum Gasteiger partial charge on any atom is 0.0250 e. The van der Waals surface area contributed by atoms with Gasteiger partial charge in [0.15, 0.2) is 0 Å². The van der Waals surface area contributed by atoms with Crippen molar-refractivity contribution in [3.63, 3.8) is 0 Å². The Bertz CT molecular complexity index is 171. The van der Waals surface area contributed by atoms with Crippen LogP contribution in [0.2, 0.25) is 0 Å². The Morgan fingerprint density at radius 1 is 1.50 bits per heavy atom. The van der Waals surface area contributed by atoms with E-state index in [2.05, 4.69) is 18.9 Å². The van der Waals surface area contributed by atoms with Gasteiger partial charge in [0.25, 0.3) is 0 Å². The maximum atomic E-state index is 5.56. The summed E-state index contributed by atoms with van der Waals surface area (Å²) in [7, 11) is 0. The van der Waals surface area contributed by atoms with Gasteiger partial charge in [-0.05, 0) is 25.2 Å². The van der Waals surface area contributed by atoms with Crippen LogP contribution >= 0.6 is 0 Å². The minimum Gasteiger partial charge on any atom is -0.271 e. The minimum atomic E-state index is 0.450. The standard InChI is InChI=1S/C12H24N2/c1-3-10(2)8-12(14-13)9-11-6-4-5-7-11/h11-12,14H,2-9,13H2,1H3. The Balaban J connectivity index is 2.26. The predicted molar refractivity (Wildman–Crippen MR) is 61.7 cm³/mol. The Labute approximate surface area is 87.9 Å². The summed E-state index contributed by atoms with van der Waals surface area (Å²) in [4.78, 5) is 0. The summed E-state index contributed by atoms with van der Waals surface area (Å²) in [6.45, 7) is 6.20. The van der Waals surface area contributed by atoms with Crippen molar-refractivity contribution in [1.82, 2.24) is 5.43 Å². The number of rotatable bonds is 6. The van der Waals surface area contributed by atoms with Crippen LogP contribution in [0.1, 0.15) is 51.9 Å².